The lowest BCUT2D eigenvalue weighted by molar-refractivity contribution is 0.0690. The Bertz CT molecular complexity index is 650. The molecule has 1 heterocycles. The Morgan fingerprint density at radius 2 is 2.05 bits per heavy atom. The number of aliphatic hydroxyl groups is 1. The number of aryl methyl sites for hydroxylation is 1. The number of H-pyrrole nitrogens is 1. The van der Waals surface area contributed by atoms with Crippen LogP contribution in [0, 0.1) is 19.8 Å². The number of hydrogen-bond acceptors (Lipinski definition) is 4. The van der Waals surface area contributed by atoms with Crippen molar-refractivity contribution in [3.05, 3.63) is 17.0 Å². The largest absolute Gasteiger partial charge is 0.477 e. The molecule has 1 saturated carbocycles. The van der Waals surface area contributed by atoms with E-state index in [0.29, 0.717) is 12.1 Å². The van der Waals surface area contributed by atoms with Gasteiger partial charge in [-0.1, -0.05) is 6.42 Å². The van der Waals surface area contributed by atoms with Crippen molar-refractivity contribution in [2.24, 2.45) is 5.92 Å². The van der Waals surface area contributed by atoms with Gasteiger partial charge in [-0.15, -0.1) is 0 Å². The van der Waals surface area contributed by atoms with Crippen LogP contribution >= 0.6 is 0 Å². The number of carbonyl (C=O) groups is 1. The minimum absolute atomic E-state index is 0.0107. The van der Waals surface area contributed by atoms with E-state index in [1.54, 1.807) is 0 Å². The van der Waals surface area contributed by atoms with Gasteiger partial charge in [0.05, 0.1) is 0 Å². The van der Waals surface area contributed by atoms with Crippen LogP contribution in [0.5, 0.6) is 0 Å². The predicted octanol–water partition coefficient (Wildman–Crippen LogP) is 0.769. The van der Waals surface area contributed by atoms with E-state index in [2.05, 4.69) is 9.71 Å². The summed E-state index contributed by atoms with van der Waals surface area (Å²) in [5, 5.41) is 18.3. The average molecular weight is 316 g/mol. The minimum atomic E-state index is -3.82. The van der Waals surface area contributed by atoms with Crippen molar-refractivity contribution in [3.63, 3.8) is 0 Å². The first kappa shape index (κ1) is 16.0. The highest BCUT2D eigenvalue weighted by molar-refractivity contribution is 7.89. The molecule has 0 amide bonds. The van der Waals surface area contributed by atoms with Crippen LogP contribution in [0.25, 0.3) is 0 Å². The van der Waals surface area contributed by atoms with Gasteiger partial charge < -0.3 is 15.2 Å². The number of sulfonamides is 1. The van der Waals surface area contributed by atoms with Crippen LogP contribution in [0.1, 0.15) is 41.0 Å². The third-order valence-corrected chi connectivity index (χ3v) is 5.81. The Hall–Kier alpha value is -1.38. The molecule has 1 fully saturated rings. The molecule has 0 bridgehead atoms. The normalized spacial score (nSPS) is 22.6. The van der Waals surface area contributed by atoms with E-state index in [-0.39, 0.29) is 34.7 Å². The van der Waals surface area contributed by atoms with Crippen LogP contribution in [-0.4, -0.2) is 42.2 Å². The molecule has 2 rings (SSSR count). The number of aromatic amines is 1. The van der Waals surface area contributed by atoms with E-state index in [4.69, 9.17) is 5.11 Å². The number of aromatic carboxylic acids is 1. The highest BCUT2D eigenvalue weighted by atomic mass is 32.2. The van der Waals surface area contributed by atoms with Gasteiger partial charge in [0.25, 0.3) is 0 Å². The highest BCUT2D eigenvalue weighted by Crippen LogP contribution is 2.29. The maximum Gasteiger partial charge on any atom is 0.352 e. The molecule has 4 N–H and O–H groups in total. The third kappa shape index (κ3) is 2.97. The van der Waals surface area contributed by atoms with Crippen molar-refractivity contribution in [1.82, 2.24) is 9.71 Å². The second-order valence-electron chi connectivity index (χ2n) is 5.49. The predicted molar refractivity (Wildman–Crippen MR) is 75.8 cm³/mol. The van der Waals surface area contributed by atoms with E-state index in [9.17, 15) is 18.3 Å². The van der Waals surface area contributed by atoms with Crippen molar-refractivity contribution in [2.75, 3.05) is 6.61 Å². The Balaban J connectivity index is 2.34. The van der Waals surface area contributed by atoms with Gasteiger partial charge in [0.2, 0.25) is 10.0 Å². The van der Waals surface area contributed by atoms with Crippen molar-refractivity contribution in [1.29, 1.82) is 0 Å². The molecule has 0 radical (unpaired) electrons. The maximum atomic E-state index is 12.5. The molecular formula is C13H20N2O5S. The standard InChI is InChI=1S/C13H20N2O5S/c1-7-11(13(17)18)14-8(2)12(7)21(19,20)15-10-5-3-4-9(10)6-16/h9-10,14-16H,3-6H2,1-2H3,(H,17,18). The number of aromatic nitrogens is 1. The SMILES string of the molecule is Cc1[nH]c(C(=O)O)c(C)c1S(=O)(=O)NC1CCCC1CO. The smallest absolute Gasteiger partial charge is 0.352 e. The monoisotopic (exact) mass is 316 g/mol. The average Bonchev–Trinajstić information content (AvgIpc) is 2.93. The Morgan fingerprint density at radius 1 is 1.38 bits per heavy atom. The number of carboxylic acids is 1. The summed E-state index contributed by atoms with van der Waals surface area (Å²) in [7, 11) is -3.82. The summed E-state index contributed by atoms with van der Waals surface area (Å²) in [6.07, 6.45) is 2.33. The fourth-order valence-electron chi connectivity index (χ4n) is 3.02. The van der Waals surface area contributed by atoms with E-state index < -0.39 is 16.0 Å². The quantitative estimate of drug-likeness (QED) is 0.639. The number of aliphatic hydroxyl groups excluding tert-OH is 1. The molecule has 0 spiro atoms. The molecule has 7 nitrogen and oxygen atoms in total. The van der Waals surface area contributed by atoms with E-state index in [1.807, 2.05) is 0 Å². The Kier molecular flexibility index (Phi) is 4.40. The van der Waals surface area contributed by atoms with Gasteiger partial charge >= 0.3 is 5.97 Å². The van der Waals surface area contributed by atoms with Crippen LogP contribution in [0.2, 0.25) is 0 Å². The van der Waals surface area contributed by atoms with Crippen LogP contribution < -0.4 is 4.72 Å². The summed E-state index contributed by atoms with van der Waals surface area (Å²) in [6.45, 7) is 2.95. The molecule has 118 valence electrons. The van der Waals surface area contributed by atoms with E-state index in [1.165, 1.54) is 13.8 Å². The molecule has 21 heavy (non-hydrogen) atoms. The summed E-state index contributed by atoms with van der Waals surface area (Å²) >= 11 is 0. The van der Waals surface area contributed by atoms with Crippen molar-refractivity contribution < 1.29 is 23.4 Å². The lowest BCUT2D eigenvalue weighted by atomic mass is 10.1. The number of nitrogens with one attached hydrogen (secondary N) is 2. The number of hydrogen-bond donors (Lipinski definition) is 4. The molecule has 8 heteroatoms. The van der Waals surface area contributed by atoms with Gasteiger partial charge in [-0.3, -0.25) is 0 Å². The molecule has 2 atom stereocenters. The summed E-state index contributed by atoms with van der Waals surface area (Å²) < 4.78 is 27.6. The summed E-state index contributed by atoms with van der Waals surface area (Å²) in [4.78, 5) is 13.7. The highest BCUT2D eigenvalue weighted by Gasteiger charge is 2.33. The van der Waals surface area contributed by atoms with Gasteiger partial charge in [0.1, 0.15) is 10.6 Å². The molecule has 1 aliphatic carbocycles. The molecule has 0 aromatic carbocycles. The molecule has 0 saturated heterocycles. The van der Waals surface area contributed by atoms with Crippen molar-refractivity contribution in [3.8, 4) is 0 Å². The Labute approximate surface area is 123 Å². The number of carboxylic acid groups (broad SMARTS) is 1. The zero-order valence-corrected chi connectivity index (χ0v) is 12.8. The van der Waals surface area contributed by atoms with Gasteiger partial charge in [-0.05, 0) is 32.6 Å². The van der Waals surface area contributed by atoms with E-state index in [0.717, 1.165) is 12.8 Å². The third-order valence-electron chi connectivity index (χ3n) is 4.05. The van der Waals surface area contributed by atoms with Crippen LogP contribution in [0.3, 0.4) is 0 Å². The first-order valence-electron chi connectivity index (χ1n) is 6.83. The summed E-state index contributed by atoms with van der Waals surface area (Å²) in [6, 6.07) is -0.304. The van der Waals surface area contributed by atoms with Gasteiger partial charge in [-0.25, -0.2) is 17.9 Å². The Morgan fingerprint density at radius 3 is 2.57 bits per heavy atom. The first-order chi connectivity index (χ1) is 9.77. The minimum Gasteiger partial charge on any atom is -0.477 e. The zero-order valence-electron chi connectivity index (χ0n) is 12.0. The summed E-state index contributed by atoms with van der Waals surface area (Å²) in [5.41, 5.74) is 0.389. The van der Waals surface area contributed by atoms with Crippen molar-refractivity contribution >= 4 is 16.0 Å². The fraction of sp³-hybridized carbons (Fsp3) is 0.615. The molecular weight excluding hydrogens is 296 g/mol. The molecule has 1 aliphatic rings. The number of rotatable bonds is 5. The first-order valence-corrected chi connectivity index (χ1v) is 8.32. The van der Waals surface area contributed by atoms with Crippen LogP contribution in [-0.2, 0) is 10.0 Å². The lowest BCUT2D eigenvalue weighted by Gasteiger charge is -2.19. The fourth-order valence-corrected chi connectivity index (χ4v) is 4.80. The zero-order chi connectivity index (χ0) is 15.8. The second kappa shape index (κ2) is 5.78. The summed E-state index contributed by atoms with van der Waals surface area (Å²) in [5.74, 6) is -1.27. The molecule has 1 aromatic rings. The molecule has 2 unspecified atom stereocenters. The molecule has 0 aliphatic heterocycles. The van der Waals surface area contributed by atoms with E-state index >= 15 is 0 Å². The van der Waals surface area contributed by atoms with Crippen LogP contribution in [0.15, 0.2) is 4.90 Å². The van der Waals surface area contributed by atoms with Gasteiger partial charge in [0.15, 0.2) is 0 Å². The van der Waals surface area contributed by atoms with Crippen LogP contribution in [0.4, 0.5) is 0 Å². The van der Waals surface area contributed by atoms with Gasteiger partial charge in [0, 0.05) is 23.9 Å². The second-order valence-corrected chi connectivity index (χ2v) is 7.14. The lowest BCUT2D eigenvalue weighted by Crippen LogP contribution is -2.38. The van der Waals surface area contributed by atoms with Crippen molar-refractivity contribution in [2.45, 2.75) is 44.0 Å². The topological polar surface area (TPSA) is 119 Å². The maximum absolute atomic E-state index is 12.5. The molecule has 1 aromatic heterocycles. The van der Waals surface area contributed by atoms with Gasteiger partial charge in [-0.2, -0.15) is 0 Å².